The average Bonchev–Trinajstić information content (AvgIpc) is 2.76. The molecule has 0 saturated carbocycles. The minimum atomic E-state index is -0.472. The van der Waals surface area contributed by atoms with Crippen molar-refractivity contribution in [1.82, 2.24) is 10.3 Å². The standard InChI is InChI=1S/C26H28N2O4/c1-17-22(25(30)32-14-13-31-19-7-5-4-6-8-19)23(18-9-11-27-12-10-18)24-20(28-17)15-26(2,3)16-21(24)29/h4-12,23,28H,13-16H2,1-3H3. The van der Waals surface area contributed by atoms with E-state index in [9.17, 15) is 9.59 Å². The lowest BCUT2D eigenvalue weighted by Crippen LogP contribution is -2.38. The number of aromatic nitrogens is 1. The van der Waals surface area contributed by atoms with Gasteiger partial charge >= 0.3 is 5.97 Å². The number of pyridine rings is 1. The summed E-state index contributed by atoms with van der Waals surface area (Å²) in [5.41, 5.74) is 3.46. The Hall–Kier alpha value is -3.41. The first-order valence-electron chi connectivity index (χ1n) is 10.8. The van der Waals surface area contributed by atoms with Crippen molar-refractivity contribution in [2.45, 2.75) is 39.5 Å². The zero-order valence-corrected chi connectivity index (χ0v) is 18.7. The van der Waals surface area contributed by atoms with E-state index in [1.165, 1.54) is 0 Å². The fourth-order valence-corrected chi connectivity index (χ4v) is 4.48. The fourth-order valence-electron chi connectivity index (χ4n) is 4.48. The van der Waals surface area contributed by atoms with Crippen LogP contribution in [-0.4, -0.2) is 30.0 Å². The van der Waals surface area contributed by atoms with Gasteiger partial charge in [0.1, 0.15) is 19.0 Å². The summed E-state index contributed by atoms with van der Waals surface area (Å²) >= 11 is 0. The molecule has 0 fully saturated rings. The number of allylic oxidation sites excluding steroid dienone is 3. The van der Waals surface area contributed by atoms with E-state index >= 15 is 0 Å². The molecule has 0 radical (unpaired) electrons. The topological polar surface area (TPSA) is 77.5 Å². The first kappa shape index (κ1) is 21.8. The Morgan fingerprint density at radius 1 is 1.09 bits per heavy atom. The second-order valence-corrected chi connectivity index (χ2v) is 9.01. The van der Waals surface area contributed by atoms with Gasteiger partial charge in [-0.3, -0.25) is 9.78 Å². The van der Waals surface area contributed by atoms with Crippen molar-refractivity contribution in [2.75, 3.05) is 13.2 Å². The lowest BCUT2D eigenvalue weighted by Gasteiger charge is -2.39. The van der Waals surface area contributed by atoms with Crippen LogP contribution in [0.25, 0.3) is 0 Å². The Morgan fingerprint density at radius 3 is 2.53 bits per heavy atom. The molecule has 0 bridgehead atoms. The molecule has 6 nitrogen and oxygen atoms in total. The van der Waals surface area contributed by atoms with E-state index in [1.54, 1.807) is 12.4 Å². The van der Waals surface area contributed by atoms with Gasteiger partial charge in [0.05, 0.1) is 5.57 Å². The summed E-state index contributed by atoms with van der Waals surface area (Å²) in [5.74, 6) is -0.132. The Labute approximate surface area is 188 Å². The number of ketones is 1. The minimum absolute atomic E-state index is 0.0655. The summed E-state index contributed by atoms with van der Waals surface area (Å²) in [6.07, 6.45) is 4.56. The number of Topliss-reactive ketones (excluding diaryl/α,β-unsaturated/α-hetero) is 1. The molecular weight excluding hydrogens is 404 g/mol. The molecule has 1 atom stereocenters. The molecule has 1 aliphatic carbocycles. The van der Waals surface area contributed by atoms with Crippen molar-refractivity contribution < 1.29 is 19.1 Å². The van der Waals surface area contributed by atoms with Crippen LogP contribution >= 0.6 is 0 Å². The maximum Gasteiger partial charge on any atom is 0.336 e. The smallest absolute Gasteiger partial charge is 0.336 e. The number of ether oxygens (including phenoxy) is 2. The number of carbonyl (C=O) groups is 2. The molecule has 1 aromatic carbocycles. The van der Waals surface area contributed by atoms with Crippen LogP contribution in [0.1, 0.15) is 45.1 Å². The number of nitrogens with one attached hydrogen (secondary N) is 1. The van der Waals surface area contributed by atoms with Gasteiger partial charge in [-0.1, -0.05) is 32.0 Å². The Balaban J connectivity index is 1.57. The molecule has 32 heavy (non-hydrogen) atoms. The number of carbonyl (C=O) groups excluding carboxylic acids is 2. The summed E-state index contributed by atoms with van der Waals surface area (Å²) in [4.78, 5) is 30.5. The van der Waals surface area contributed by atoms with E-state index in [-0.39, 0.29) is 24.4 Å². The van der Waals surface area contributed by atoms with Crippen molar-refractivity contribution in [3.8, 4) is 5.75 Å². The summed E-state index contributed by atoms with van der Waals surface area (Å²) in [5, 5.41) is 3.34. The SMILES string of the molecule is CC1=C(C(=O)OCCOc2ccccc2)C(c2ccncc2)C2=C(CC(C)(C)CC2=O)N1. The molecule has 0 spiro atoms. The molecule has 2 aromatic rings. The Kier molecular flexibility index (Phi) is 6.12. The average molecular weight is 433 g/mol. The molecule has 6 heteroatoms. The Bertz CT molecular complexity index is 1070. The van der Waals surface area contributed by atoms with Gasteiger partial charge in [0.25, 0.3) is 0 Å². The predicted octanol–water partition coefficient (Wildman–Crippen LogP) is 4.31. The van der Waals surface area contributed by atoms with E-state index < -0.39 is 11.9 Å². The minimum Gasteiger partial charge on any atom is -0.490 e. The van der Waals surface area contributed by atoms with Gasteiger partial charge in [-0.2, -0.15) is 0 Å². The first-order chi connectivity index (χ1) is 15.4. The van der Waals surface area contributed by atoms with E-state index in [2.05, 4.69) is 24.1 Å². The third kappa shape index (κ3) is 4.59. The maximum absolute atomic E-state index is 13.2. The number of benzene rings is 1. The monoisotopic (exact) mass is 432 g/mol. The van der Waals surface area contributed by atoms with Crippen LogP contribution in [0.4, 0.5) is 0 Å². The molecule has 0 saturated heterocycles. The second kappa shape index (κ2) is 8.99. The number of esters is 1. The number of para-hydroxylation sites is 1. The highest BCUT2D eigenvalue weighted by atomic mass is 16.6. The molecule has 2 aliphatic rings. The molecule has 166 valence electrons. The number of dihydropyridines is 1. The van der Waals surface area contributed by atoms with Crippen LogP contribution in [0.2, 0.25) is 0 Å². The molecule has 4 rings (SSSR count). The third-order valence-corrected chi connectivity index (χ3v) is 5.83. The highest BCUT2D eigenvalue weighted by Crippen LogP contribution is 2.46. The van der Waals surface area contributed by atoms with Gasteiger partial charge in [-0.05, 0) is 48.6 Å². The van der Waals surface area contributed by atoms with Gasteiger partial charge in [0.15, 0.2) is 5.78 Å². The molecule has 0 amide bonds. The molecule has 1 N–H and O–H groups in total. The van der Waals surface area contributed by atoms with E-state index in [4.69, 9.17) is 9.47 Å². The second-order valence-electron chi connectivity index (χ2n) is 9.01. The summed E-state index contributed by atoms with van der Waals surface area (Å²) in [6, 6.07) is 13.1. The van der Waals surface area contributed by atoms with Crippen LogP contribution in [0.5, 0.6) is 5.75 Å². The largest absolute Gasteiger partial charge is 0.490 e. The van der Waals surface area contributed by atoms with Crippen molar-refractivity contribution in [3.63, 3.8) is 0 Å². The van der Waals surface area contributed by atoms with Gasteiger partial charge in [0.2, 0.25) is 0 Å². The van der Waals surface area contributed by atoms with Crippen LogP contribution in [0.15, 0.2) is 77.4 Å². The van der Waals surface area contributed by atoms with Crippen LogP contribution < -0.4 is 10.1 Å². The number of hydrogen-bond donors (Lipinski definition) is 1. The predicted molar refractivity (Wildman–Crippen MR) is 121 cm³/mol. The van der Waals surface area contributed by atoms with Gasteiger partial charge < -0.3 is 14.8 Å². The zero-order chi connectivity index (χ0) is 22.7. The van der Waals surface area contributed by atoms with E-state index in [1.807, 2.05) is 49.4 Å². The fraction of sp³-hybridized carbons (Fsp3) is 0.346. The normalized spacial score (nSPS) is 19.8. The lowest BCUT2D eigenvalue weighted by atomic mass is 9.69. The molecule has 1 unspecified atom stereocenters. The van der Waals surface area contributed by atoms with Crippen molar-refractivity contribution in [2.24, 2.45) is 5.41 Å². The molecule has 2 heterocycles. The van der Waals surface area contributed by atoms with Crippen molar-refractivity contribution in [3.05, 3.63) is 83.0 Å². The summed E-state index contributed by atoms with van der Waals surface area (Å²) in [6.45, 7) is 6.40. The summed E-state index contributed by atoms with van der Waals surface area (Å²) < 4.78 is 11.2. The van der Waals surface area contributed by atoms with Crippen LogP contribution in [-0.2, 0) is 14.3 Å². The zero-order valence-electron chi connectivity index (χ0n) is 18.7. The van der Waals surface area contributed by atoms with Crippen LogP contribution in [0.3, 0.4) is 0 Å². The summed E-state index contributed by atoms with van der Waals surface area (Å²) in [7, 11) is 0. The number of nitrogens with zero attached hydrogens (tertiary/aromatic N) is 1. The highest BCUT2D eigenvalue weighted by molar-refractivity contribution is 6.04. The number of hydrogen-bond acceptors (Lipinski definition) is 6. The van der Waals surface area contributed by atoms with Gasteiger partial charge in [-0.25, -0.2) is 4.79 Å². The lowest BCUT2D eigenvalue weighted by molar-refractivity contribution is -0.140. The van der Waals surface area contributed by atoms with E-state index in [0.717, 1.165) is 23.4 Å². The molecular formula is C26H28N2O4. The first-order valence-corrected chi connectivity index (χ1v) is 10.8. The maximum atomic E-state index is 13.2. The van der Waals surface area contributed by atoms with Crippen LogP contribution in [0, 0.1) is 5.41 Å². The quantitative estimate of drug-likeness (QED) is 0.542. The van der Waals surface area contributed by atoms with Crippen molar-refractivity contribution >= 4 is 11.8 Å². The van der Waals surface area contributed by atoms with Gasteiger partial charge in [0, 0.05) is 41.7 Å². The molecule has 1 aliphatic heterocycles. The van der Waals surface area contributed by atoms with E-state index in [0.29, 0.717) is 23.3 Å². The molecule has 1 aromatic heterocycles. The van der Waals surface area contributed by atoms with Gasteiger partial charge in [-0.15, -0.1) is 0 Å². The van der Waals surface area contributed by atoms with Crippen molar-refractivity contribution in [1.29, 1.82) is 0 Å². The third-order valence-electron chi connectivity index (χ3n) is 5.83. The number of rotatable bonds is 6. The highest BCUT2D eigenvalue weighted by Gasteiger charge is 2.43. The Morgan fingerprint density at radius 2 is 1.81 bits per heavy atom.